The molecule has 0 saturated carbocycles. The number of hydrogen-bond acceptors (Lipinski definition) is 2. The zero-order valence-electron chi connectivity index (χ0n) is 7.46. The van der Waals surface area contributed by atoms with Gasteiger partial charge >= 0.3 is 5.97 Å². The molecule has 0 aliphatic rings. The molecular weight excluding hydrogens is 156 g/mol. The monoisotopic (exact) mass is 168 g/mol. The van der Waals surface area contributed by atoms with Crippen LogP contribution in [0.2, 0.25) is 0 Å². The largest absolute Gasteiger partial charge is 0.476 e. The highest BCUT2D eigenvalue weighted by molar-refractivity contribution is 5.86. The van der Waals surface area contributed by atoms with Gasteiger partial charge in [-0.1, -0.05) is 6.92 Å². The maximum absolute atomic E-state index is 10.7. The maximum Gasteiger partial charge on any atom is 0.356 e. The average molecular weight is 168 g/mol. The summed E-state index contributed by atoms with van der Waals surface area (Å²) in [6, 6.07) is 0. The molecule has 0 spiro atoms. The van der Waals surface area contributed by atoms with E-state index >= 15 is 0 Å². The van der Waals surface area contributed by atoms with Gasteiger partial charge in [-0.2, -0.15) is 0 Å². The van der Waals surface area contributed by atoms with E-state index in [-0.39, 0.29) is 5.69 Å². The second kappa shape index (κ2) is 2.97. The predicted octanol–water partition coefficient (Wildman–Crippen LogP) is 0.989. The molecule has 1 heterocycles. The van der Waals surface area contributed by atoms with Gasteiger partial charge in [0.25, 0.3) is 0 Å². The number of aromatic nitrogens is 2. The van der Waals surface area contributed by atoms with E-state index in [4.69, 9.17) is 5.11 Å². The fourth-order valence-electron chi connectivity index (χ4n) is 1.23. The molecule has 66 valence electrons. The minimum atomic E-state index is -0.949. The molecule has 1 aromatic heterocycles. The summed E-state index contributed by atoms with van der Waals surface area (Å²) in [5.74, 6) is -0.209. The summed E-state index contributed by atoms with van der Waals surface area (Å²) in [4.78, 5) is 14.6. The van der Waals surface area contributed by atoms with Gasteiger partial charge in [0.1, 0.15) is 5.82 Å². The first-order valence-electron chi connectivity index (χ1n) is 3.83. The summed E-state index contributed by atoms with van der Waals surface area (Å²) in [5, 5.41) is 8.76. The molecule has 0 amide bonds. The Morgan fingerprint density at radius 3 is 2.58 bits per heavy atom. The molecule has 0 fully saturated rings. The number of imidazole rings is 1. The SMILES string of the molecule is CCc1c(C(=O)O)nc(C)n1C. The van der Waals surface area contributed by atoms with Gasteiger partial charge in [-0.3, -0.25) is 0 Å². The molecule has 4 nitrogen and oxygen atoms in total. The standard InChI is InChI=1S/C8H12N2O2/c1-4-6-7(8(11)12)9-5(2)10(6)3/h4H2,1-3H3,(H,11,12). The fraction of sp³-hybridized carbons (Fsp3) is 0.500. The minimum Gasteiger partial charge on any atom is -0.476 e. The Morgan fingerprint density at radius 2 is 2.25 bits per heavy atom. The number of nitrogens with zero attached hydrogens (tertiary/aromatic N) is 2. The first-order valence-corrected chi connectivity index (χ1v) is 3.83. The molecule has 0 aromatic carbocycles. The van der Waals surface area contributed by atoms with Crippen molar-refractivity contribution in [2.45, 2.75) is 20.3 Å². The van der Waals surface area contributed by atoms with Gasteiger partial charge in [0, 0.05) is 7.05 Å². The number of carboxylic acids is 1. The van der Waals surface area contributed by atoms with Gasteiger partial charge in [0.2, 0.25) is 0 Å². The quantitative estimate of drug-likeness (QED) is 0.716. The first-order chi connectivity index (χ1) is 5.57. The molecule has 0 saturated heterocycles. The van der Waals surface area contributed by atoms with Crippen molar-refractivity contribution in [3.8, 4) is 0 Å². The van der Waals surface area contributed by atoms with Crippen molar-refractivity contribution >= 4 is 5.97 Å². The second-order valence-electron chi connectivity index (χ2n) is 2.67. The average Bonchev–Trinajstić information content (AvgIpc) is 2.29. The van der Waals surface area contributed by atoms with Crippen molar-refractivity contribution in [1.29, 1.82) is 0 Å². The Bertz CT molecular complexity index is 315. The van der Waals surface area contributed by atoms with E-state index in [1.165, 1.54) is 0 Å². The summed E-state index contributed by atoms with van der Waals surface area (Å²) in [6.45, 7) is 3.72. The molecular formula is C8H12N2O2. The third kappa shape index (κ3) is 1.20. The Hall–Kier alpha value is -1.32. The molecule has 12 heavy (non-hydrogen) atoms. The Labute approximate surface area is 70.9 Å². The number of carbonyl (C=O) groups is 1. The van der Waals surface area contributed by atoms with Crippen molar-refractivity contribution in [3.05, 3.63) is 17.2 Å². The zero-order chi connectivity index (χ0) is 9.30. The van der Waals surface area contributed by atoms with Gasteiger partial charge < -0.3 is 9.67 Å². The van der Waals surface area contributed by atoms with Crippen LogP contribution < -0.4 is 0 Å². The molecule has 4 heteroatoms. The Balaban J connectivity index is 3.29. The number of carboxylic acid groups (broad SMARTS) is 1. The normalized spacial score (nSPS) is 10.2. The van der Waals surface area contributed by atoms with Crippen LogP contribution in [0.3, 0.4) is 0 Å². The Kier molecular flexibility index (Phi) is 2.17. The van der Waals surface area contributed by atoms with Crippen LogP contribution in [0.15, 0.2) is 0 Å². The van der Waals surface area contributed by atoms with Gasteiger partial charge in [0.15, 0.2) is 5.69 Å². The maximum atomic E-state index is 10.7. The molecule has 1 aromatic rings. The molecule has 1 rings (SSSR count). The van der Waals surface area contributed by atoms with E-state index in [0.717, 1.165) is 11.5 Å². The van der Waals surface area contributed by atoms with E-state index < -0.39 is 5.97 Å². The number of aryl methyl sites for hydroxylation is 1. The zero-order valence-corrected chi connectivity index (χ0v) is 7.46. The van der Waals surface area contributed by atoms with Gasteiger partial charge in [-0.25, -0.2) is 9.78 Å². The van der Waals surface area contributed by atoms with Crippen LogP contribution in [0.1, 0.15) is 28.9 Å². The van der Waals surface area contributed by atoms with Crippen LogP contribution >= 0.6 is 0 Å². The van der Waals surface area contributed by atoms with Crippen LogP contribution in [0, 0.1) is 6.92 Å². The van der Waals surface area contributed by atoms with Crippen LogP contribution in [0.4, 0.5) is 0 Å². The molecule has 0 atom stereocenters. The highest BCUT2D eigenvalue weighted by Gasteiger charge is 2.15. The van der Waals surface area contributed by atoms with E-state index in [1.807, 2.05) is 18.5 Å². The smallest absolute Gasteiger partial charge is 0.356 e. The molecule has 0 aliphatic carbocycles. The van der Waals surface area contributed by atoms with E-state index in [0.29, 0.717) is 6.42 Å². The topological polar surface area (TPSA) is 55.1 Å². The summed E-state index contributed by atoms with van der Waals surface area (Å²) in [7, 11) is 1.83. The van der Waals surface area contributed by atoms with Crippen LogP contribution in [0.25, 0.3) is 0 Å². The van der Waals surface area contributed by atoms with E-state index in [2.05, 4.69) is 4.98 Å². The third-order valence-electron chi connectivity index (χ3n) is 1.97. The lowest BCUT2D eigenvalue weighted by Crippen LogP contribution is -2.03. The molecule has 1 N–H and O–H groups in total. The summed E-state index contributed by atoms with van der Waals surface area (Å²) < 4.78 is 1.81. The Morgan fingerprint density at radius 1 is 1.67 bits per heavy atom. The van der Waals surface area contributed by atoms with Gasteiger partial charge in [-0.05, 0) is 13.3 Å². The van der Waals surface area contributed by atoms with Crippen molar-refractivity contribution in [3.63, 3.8) is 0 Å². The molecule has 0 aliphatic heterocycles. The predicted molar refractivity (Wildman–Crippen MR) is 44.3 cm³/mol. The number of hydrogen-bond donors (Lipinski definition) is 1. The lowest BCUT2D eigenvalue weighted by molar-refractivity contribution is 0.0689. The fourth-order valence-corrected chi connectivity index (χ4v) is 1.23. The lowest BCUT2D eigenvalue weighted by atomic mass is 10.2. The van der Waals surface area contributed by atoms with Crippen LogP contribution in [-0.2, 0) is 13.5 Å². The van der Waals surface area contributed by atoms with Crippen molar-refractivity contribution in [1.82, 2.24) is 9.55 Å². The lowest BCUT2D eigenvalue weighted by Gasteiger charge is -1.99. The van der Waals surface area contributed by atoms with Crippen molar-refractivity contribution in [2.75, 3.05) is 0 Å². The van der Waals surface area contributed by atoms with Crippen LogP contribution in [0.5, 0.6) is 0 Å². The van der Waals surface area contributed by atoms with Gasteiger partial charge in [-0.15, -0.1) is 0 Å². The van der Waals surface area contributed by atoms with Crippen molar-refractivity contribution < 1.29 is 9.90 Å². The number of aromatic carboxylic acids is 1. The highest BCUT2D eigenvalue weighted by Crippen LogP contribution is 2.10. The first kappa shape index (κ1) is 8.77. The van der Waals surface area contributed by atoms with Crippen molar-refractivity contribution in [2.24, 2.45) is 7.05 Å². The molecule has 0 bridgehead atoms. The highest BCUT2D eigenvalue weighted by atomic mass is 16.4. The van der Waals surface area contributed by atoms with Crippen LogP contribution in [-0.4, -0.2) is 20.6 Å². The summed E-state index contributed by atoms with van der Waals surface area (Å²) >= 11 is 0. The minimum absolute atomic E-state index is 0.178. The second-order valence-corrected chi connectivity index (χ2v) is 2.67. The molecule has 0 unspecified atom stereocenters. The van der Waals surface area contributed by atoms with Gasteiger partial charge in [0.05, 0.1) is 5.69 Å². The summed E-state index contributed by atoms with van der Waals surface area (Å²) in [5.41, 5.74) is 0.956. The van der Waals surface area contributed by atoms with E-state index in [1.54, 1.807) is 6.92 Å². The summed E-state index contributed by atoms with van der Waals surface area (Å²) in [6.07, 6.45) is 0.693. The number of rotatable bonds is 2. The van der Waals surface area contributed by atoms with E-state index in [9.17, 15) is 4.79 Å². The molecule has 0 radical (unpaired) electrons. The third-order valence-corrected chi connectivity index (χ3v) is 1.97.